The fourth-order valence-electron chi connectivity index (χ4n) is 3.01. The molecule has 0 aromatic heterocycles. The number of aliphatic carboxylic acids is 1. The molecule has 0 amide bonds. The van der Waals surface area contributed by atoms with Crippen molar-refractivity contribution in [1.29, 1.82) is 0 Å². The summed E-state index contributed by atoms with van der Waals surface area (Å²) in [7, 11) is 0. The second kappa shape index (κ2) is 7.11. The van der Waals surface area contributed by atoms with E-state index < -0.39 is 5.97 Å². The summed E-state index contributed by atoms with van der Waals surface area (Å²) < 4.78 is 5.69. The zero-order valence-electron chi connectivity index (χ0n) is 11.8. The number of ether oxygens (including phenoxy) is 1. The lowest BCUT2D eigenvalue weighted by Gasteiger charge is -2.19. The van der Waals surface area contributed by atoms with E-state index in [1.165, 1.54) is 11.1 Å². The fraction of sp³-hybridized carbons (Fsp3) is 0.562. The van der Waals surface area contributed by atoms with Crippen molar-refractivity contribution in [3.05, 3.63) is 29.3 Å². The van der Waals surface area contributed by atoms with Gasteiger partial charge in [-0.05, 0) is 54.9 Å². The lowest BCUT2D eigenvalue weighted by Crippen LogP contribution is -2.19. The maximum atomic E-state index is 11.3. The molecule has 110 valence electrons. The number of fused-ring (bicyclic) bond motifs is 1. The van der Waals surface area contributed by atoms with Gasteiger partial charge in [0.2, 0.25) is 0 Å². The monoisotopic (exact) mass is 340 g/mol. The number of hydrogen-bond donors (Lipinski definition) is 1. The maximum absolute atomic E-state index is 11.3. The fourth-order valence-corrected chi connectivity index (χ4v) is 3.24. The smallest absolute Gasteiger partial charge is 0.307 e. The van der Waals surface area contributed by atoms with Gasteiger partial charge in [-0.2, -0.15) is 0 Å². The van der Waals surface area contributed by atoms with Crippen LogP contribution in [0.1, 0.15) is 43.2 Å². The molecule has 0 saturated heterocycles. The quantitative estimate of drug-likeness (QED) is 0.603. The van der Waals surface area contributed by atoms with Gasteiger partial charge >= 0.3 is 5.97 Å². The van der Waals surface area contributed by atoms with E-state index in [4.69, 9.17) is 4.74 Å². The molecule has 0 saturated carbocycles. The van der Waals surface area contributed by atoms with Crippen LogP contribution in [-0.2, 0) is 11.2 Å². The van der Waals surface area contributed by atoms with Crippen molar-refractivity contribution in [1.82, 2.24) is 0 Å². The molecule has 4 heteroatoms. The molecular formula is C16H21BrO3. The first kappa shape index (κ1) is 15.4. The highest BCUT2D eigenvalue weighted by Gasteiger charge is 2.33. The van der Waals surface area contributed by atoms with E-state index in [9.17, 15) is 9.90 Å². The molecule has 0 bridgehead atoms. The van der Waals surface area contributed by atoms with E-state index in [0.29, 0.717) is 13.0 Å². The largest absolute Gasteiger partial charge is 0.494 e. The number of carbonyl (C=O) groups is 1. The highest BCUT2D eigenvalue weighted by molar-refractivity contribution is 9.09. The van der Waals surface area contributed by atoms with E-state index in [2.05, 4.69) is 28.1 Å². The molecule has 1 aliphatic rings. The highest BCUT2D eigenvalue weighted by Crippen LogP contribution is 2.41. The van der Waals surface area contributed by atoms with Crippen LogP contribution in [-0.4, -0.2) is 23.0 Å². The van der Waals surface area contributed by atoms with E-state index in [1.807, 2.05) is 13.0 Å². The lowest BCUT2D eigenvalue weighted by molar-refractivity contribution is -0.142. The number of rotatable bonds is 7. The SMILES string of the molecule is CCC(C(=O)O)[C@@H]1CCc2cc(OCCCBr)ccc21. The van der Waals surface area contributed by atoms with Crippen LogP contribution in [0.5, 0.6) is 5.75 Å². The summed E-state index contributed by atoms with van der Waals surface area (Å²) in [5.74, 6) is 0.109. The van der Waals surface area contributed by atoms with Crippen LogP contribution in [0.15, 0.2) is 18.2 Å². The first-order chi connectivity index (χ1) is 9.67. The van der Waals surface area contributed by atoms with E-state index in [-0.39, 0.29) is 11.8 Å². The van der Waals surface area contributed by atoms with Gasteiger partial charge in [0.25, 0.3) is 0 Å². The van der Waals surface area contributed by atoms with Crippen molar-refractivity contribution < 1.29 is 14.6 Å². The Morgan fingerprint density at radius 1 is 1.55 bits per heavy atom. The van der Waals surface area contributed by atoms with E-state index in [0.717, 1.165) is 30.3 Å². The molecule has 1 aliphatic carbocycles. The molecule has 0 spiro atoms. The Morgan fingerprint density at radius 3 is 3.00 bits per heavy atom. The van der Waals surface area contributed by atoms with Gasteiger partial charge in [-0.25, -0.2) is 0 Å². The third-order valence-electron chi connectivity index (χ3n) is 4.03. The van der Waals surface area contributed by atoms with Crippen molar-refractivity contribution in [3.8, 4) is 5.75 Å². The summed E-state index contributed by atoms with van der Waals surface area (Å²) >= 11 is 3.38. The van der Waals surface area contributed by atoms with Gasteiger partial charge < -0.3 is 9.84 Å². The van der Waals surface area contributed by atoms with E-state index >= 15 is 0 Å². The van der Waals surface area contributed by atoms with E-state index in [1.54, 1.807) is 0 Å². The van der Waals surface area contributed by atoms with Crippen molar-refractivity contribution in [3.63, 3.8) is 0 Å². The summed E-state index contributed by atoms with van der Waals surface area (Å²) in [5.41, 5.74) is 2.46. The summed E-state index contributed by atoms with van der Waals surface area (Å²) in [5, 5.41) is 10.3. The van der Waals surface area contributed by atoms with Crippen LogP contribution in [0.2, 0.25) is 0 Å². The molecule has 0 aliphatic heterocycles. The molecule has 1 N–H and O–H groups in total. The molecule has 1 unspecified atom stereocenters. The average Bonchev–Trinajstić information content (AvgIpc) is 2.83. The number of hydrogen-bond acceptors (Lipinski definition) is 2. The van der Waals surface area contributed by atoms with Crippen LogP contribution in [0.25, 0.3) is 0 Å². The second-order valence-electron chi connectivity index (χ2n) is 5.25. The van der Waals surface area contributed by atoms with Gasteiger partial charge in [0, 0.05) is 5.33 Å². The van der Waals surface area contributed by atoms with Gasteiger partial charge in [0.1, 0.15) is 5.75 Å². The number of carboxylic acids is 1. The summed E-state index contributed by atoms with van der Waals surface area (Å²) in [6.45, 7) is 2.66. The minimum Gasteiger partial charge on any atom is -0.494 e. The molecule has 2 atom stereocenters. The Balaban J connectivity index is 2.11. The van der Waals surface area contributed by atoms with Gasteiger partial charge in [0.05, 0.1) is 12.5 Å². The van der Waals surface area contributed by atoms with Crippen LogP contribution in [0, 0.1) is 5.92 Å². The van der Waals surface area contributed by atoms with Gasteiger partial charge in [-0.3, -0.25) is 4.79 Å². The predicted molar refractivity (Wildman–Crippen MR) is 82.8 cm³/mol. The van der Waals surface area contributed by atoms with Crippen LogP contribution >= 0.6 is 15.9 Å². The summed E-state index contributed by atoms with van der Waals surface area (Å²) in [4.78, 5) is 11.3. The molecule has 1 aromatic carbocycles. The molecule has 1 aromatic rings. The van der Waals surface area contributed by atoms with Crippen molar-refractivity contribution >= 4 is 21.9 Å². The molecule has 0 fully saturated rings. The van der Waals surface area contributed by atoms with Gasteiger partial charge in [-0.1, -0.05) is 28.9 Å². The van der Waals surface area contributed by atoms with Crippen LogP contribution < -0.4 is 4.74 Å². The highest BCUT2D eigenvalue weighted by atomic mass is 79.9. The zero-order valence-corrected chi connectivity index (χ0v) is 13.4. The molecule has 3 nitrogen and oxygen atoms in total. The Morgan fingerprint density at radius 2 is 2.35 bits per heavy atom. The van der Waals surface area contributed by atoms with Crippen LogP contribution in [0.3, 0.4) is 0 Å². The molecule has 0 heterocycles. The topological polar surface area (TPSA) is 46.5 Å². The maximum Gasteiger partial charge on any atom is 0.307 e. The van der Waals surface area contributed by atoms with Crippen molar-refractivity contribution in [2.24, 2.45) is 5.92 Å². The average molecular weight is 341 g/mol. The van der Waals surface area contributed by atoms with Crippen LogP contribution in [0.4, 0.5) is 0 Å². The first-order valence-electron chi connectivity index (χ1n) is 7.21. The van der Waals surface area contributed by atoms with Crippen molar-refractivity contribution in [2.75, 3.05) is 11.9 Å². The Bertz CT molecular complexity index is 473. The third-order valence-corrected chi connectivity index (χ3v) is 4.59. The third kappa shape index (κ3) is 3.35. The minimum absolute atomic E-state index is 0.157. The van der Waals surface area contributed by atoms with Gasteiger partial charge in [-0.15, -0.1) is 0 Å². The predicted octanol–water partition coefficient (Wildman–Crippen LogP) is 3.99. The summed E-state index contributed by atoms with van der Waals surface area (Å²) in [6, 6.07) is 6.11. The zero-order chi connectivity index (χ0) is 14.5. The second-order valence-corrected chi connectivity index (χ2v) is 6.04. The number of alkyl halides is 1. The van der Waals surface area contributed by atoms with Gasteiger partial charge in [0.15, 0.2) is 0 Å². The standard InChI is InChI=1S/C16H21BrO3/c1-2-13(16(18)19)15-6-4-11-10-12(5-7-14(11)15)20-9-3-8-17/h5,7,10,13,15H,2-4,6,8-9H2,1H3,(H,18,19)/t13?,15-/m0/s1. The Kier molecular flexibility index (Phi) is 5.46. The Labute approximate surface area is 128 Å². The number of aryl methyl sites for hydroxylation is 1. The molecule has 0 radical (unpaired) electrons. The lowest BCUT2D eigenvalue weighted by atomic mass is 9.85. The molecule has 2 rings (SSSR count). The first-order valence-corrected chi connectivity index (χ1v) is 8.34. The number of benzene rings is 1. The number of carboxylic acid groups (broad SMARTS) is 1. The molecule has 20 heavy (non-hydrogen) atoms. The van der Waals surface area contributed by atoms with Crippen molar-refractivity contribution in [2.45, 2.75) is 38.5 Å². The molecular weight excluding hydrogens is 320 g/mol. The minimum atomic E-state index is -0.678. The Hall–Kier alpha value is -1.03. The summed E-state index contributed by atoms with van der Waals surface area (Å²) in [6.07, 6.45) is 3.56. The number of halogens is 1. The normalized spacial score (nSPS) is 18.6.